The van der Waals surface area contributed by atoms with E-state index >= 15 is 0 Å². The van der Waals surface area contributed by atoms with E-state index in [4.69, 9.17) is 0 Å². The Morgan fingerprint density at radius 1 is 0.879 bits per heavy atom. The molecule has 2 aliphatic rings. The zero-order valence-corrected chi connectivity index (χ0v) is 19.3. The van der Waals surface area contributed by atoms with E-state index in [1.165, 1.54) is 11.1 Å². The van der Waals surface area contributed by atoms with Crippen molar-refractivity contribution in [3.8, 4) is 0 Å². The number of hydrogen-bond donors (Lipinski definition) is 2. The Hall–Kier alpha value is -2.50. The molecule has 0 spiro atoms. The number of rotatable bonds is 9. The summed E-state index contributed by atoms with van der Waals surface area (Å²) in [6.45, 7) is 1.51. The third-order valence-electron chi connectivity index (χ3n) is 7.36. The fraction of sp³-hybridized carbons (Fsp3) is 0.500. The van der Waals surface area contributed by atoms with Crippen molar-refractivity contribution in [3.05, 3.63) is 70.8 Å². The summed E-state index contributed by atoms with van der Waals surface area (Å²) >= 11 is 0. The Bertz CT molecular complexity index is 922. The van der Waals surface area contributed by atoms with Gasteiger partial charge in [-0.15, -0.1) is 0 Å². The number of amides is 1. The third kappa shape index (κ3) is 6.10. The van der Waals surface area contributed by atoms with Crippen LogP contribution in [0.15, 0.2) is 48.5 Å². The summed E-state index contributed by atoms with van der Waals surface area (Å²) in [5, 5.41) is 19.7. The maximum absolute atomic E-state index is 12.7. The number of aliphatic hydroxyl groups is 2. The maximum Gasteiger partial charge on any atom is 0.253 e. The summed E-state index contributed by atoms with van der Waals surface area (Å²) in [6, 6.07) is 15.5. The van der Waals surface area contributed by atoms with E-state index in [1.807, 2.05) is 4.90 Å². The Kier molecular flexibility index (Phi) is 7.94. The minimum Gasteiger partial charge on any atom is -0.396 e. The predicted octanol–water partition coefficient (Wildman–Crippen LogP) is 4.05. The third-order valence-corrected chi connectivity index (χ3v) is 7.36. The number of nitrogens with zero attached hydrogens (tertiary/aromatic N) is 1. The fourth-order valence-corrected chi connectivity index (χ4v) is 5.17. The van der Waals surface area contributed by atoms with Crippen LogP contribution in [0.25, 0.3) is 0 Å². The zero-order chi connectivity index (χ0) is 23.2. The summed E-state index contributed by atoms with van der Waals surface area (Å²) in [4.78, 5) is 27.1. The van der Waals surface area contributed by atoms with Crippen molar-refractivity contribution in [2.75, 3.05) is 19.7 Å². The average Bonchev–Trinajstić information content (AvgIpc) is 3.29. The molecule has 4 rings (SSSR count). The van der Waals surface area contributed by atoms with E-state index in [2.05, 4.69) is 24.3 Å². The highest BCUT2D eigenvalue weighted by Gasteiger charge is 2.24. The molecule has 5 heteroatoms. The predicted molar refractivity (Wildman–Crippen MR) is 128 cm³/mol. The molecule has 1 heterocycles. The smallest absolute Gasteiger partial charge is 0.253 e. The van der Waals surface area contributed by atoms with Crippen LogP contribution < -0.4 is 0 Å². The molecule has 0 unspecified atom stereocenters. The molecular weight excluding hydrogens is 414 g/mol. The molecule has 0 radical (unpaired) electrons. The molecule has 1 atom stereocenters. The second kappa shape index (κ2) is 11.1. The Morgan fingerprint density at radius 2 is 1.48 bits per heavy atom. The molecule has 2 aromatic rings. The lowest BCUT2D eigenvalue weighted by molar-refractivity contribution is 0.0650. The van der Waals surface area contributed by atoms with Crippen molar-refractivity contribution >= 4 is 11.7 Å². The molecule has 176 valence electrons. The number of benzene rings is 2. The van der Waals surface area contributed by atoms with Gasteiger partial charge in [0.25, 0.3) is 5.91 Å². The van der Waals surface area contributed by atoms with Crippen LogP contribution in [0.1, 0.15) is 70.4 Å². The molecule has 1 amide bonds. The second-order valence-electron chi connectivity index (χ2n) is 9.73. The van der Waals surface area contributed by atoms with E-state index in [1.54, 1.807) is 24.3 Å². The van der Waals surface area contributed by atoms with Gasteiger partial charge in [0.15, 0.2) is 5.78 Å². The van der Waals surface area contributed by atoms with E-state index in [9.17, 15) is 19.8 Å². The number of carbonyl (C=O) groups excluding carboxylic acids is 2. The van der Waals surface area contributed by atoms with E-state index in [0.717, 1.165) is 38.5 Å². The largest absolute Gasteiger partial charge is 0.396 e. The molecule has 2 aromatic carbocycles. The first-order valence-electron chi connectivity index (χ1n) is 12.3. The molecular formula is C28H35NO4. The average molecular weight is 450 g/mol. The van der Waals surface area contributed by atoms with Crippen LogP contribution in [0.2, 0.25) is 0 Å². The van der Waals surface area contributed by atoms with Gasteiger partial charge >= 0.3 is 0 Å². The molecule has 1 fully saturated rings. The molecule has 2 N–H and O–H groups in total. The van der Waals surface area contributed by atoms with Crippen LogP contribution in [0.4, 0.5) is 0 Å². The Labute approximate surface area is 196 Å². The SMILES string of the molecule is O=C(CC[C@@H](O)CCC1Cc2ccccc2C1)c1ccc(C(=O)N2CCC(CO)CC2)cc1. The first kappa shape index (κ1) is 23.7. The van der Waals surface area contributed by atoms with E-state index in [-0.39, 0.29) is 18.3 Å². The van der Waals surface area contributed by atoms with E-state index < -0.39 is 6.10 Å². The monoisotopic (exact) mass is 449 g/mol. The Morgan fingerprint density at radius 3 is 2.09 bits per heavy atom. The van der Waals surface area contributed by atoms with Crippen LogP contribution in [0.3, 0.4) is 0 Å². The highest BCUT2D eigenvalue weighted by Crippen LogP contribution is 2.30. The lowest BCUT2D eigenvalue weighted by Crippen LogP contribution is -2.39. The summed E-state index contributed by atoms with van der Waals surface area (Å²) in [5.41, 5.74) is 4.04. The standard InChI is InChI=1S/C28H35NO4/c30-19-20-13-15-29(16-14-20)28(33)23-8-6-22(7-9-23)27(32)12-11-26(31)10-5-21-17-24-3-1-2-4-25(24)18-21/h1-4,6-9,20-21,26,30-31H,5,10-19H2/t26-/m0/s1. The lowest BCUT2D eigenvalue weighted by Gasteiger charge is -2.31. The van der Waals surface area contributed by atoms with Gasteiger partial charge in [-0.2, -0.15) is 0 Å². The van der Waals surface area contributed by atoms with Crippen molar-refractivity contribution < 1.29 is 19.8 Å². The summed E-state index contributed by atoms with van der Waals surface area (Å²) in [7, 11) is 0. The number of fused-ring (bicyclic) bond motifs is 1. The molecule has 33 heavy (non-hydrogen) atoms. The second-order valence-corrected chi connectivity index (χ2v) is 9.73. The van der Waals surface area contributed by atoms with Crippen molar-refractivity contribution in [1.29, 1.82) is 0 Å². The van der Waals surface area contributed by atoms with E-state index in [0.29, 0.717) is 48.9 Å². The number of piperidine rings is 1. The quantitative estimate of drug-likeness (QED) is 0.566. The zero-order valence-electron chi connectivity index (χ0n) is 19.3. The van der Waals surface area contributed by atoms with Gasteiger partial charge in [-0.25, -0.2) is 0 Å². The molecule has 1 aliphatic carbocycles. The normalized spacial score (nSPS) is 17.7. The molecule has 1 aliphatic heterocycles. The number of aliphatic hydroxyl groups excluding tert-OH is 2. The number of Topliss-reactive ketones (excluding diaryl/α,β-unsaturated/α-hetero) is 1. The topological polar surface area (TPSA) is 77.8 Å². The molecule has 0 saturated carbocycles. The number of carbonyl (C=O) groups is 2. The Balaban J connectivity index is 1.19. The molecule has 5 nitrogen and oxygen atoms in total. The van der Waals surface area contributed by atoms with Crippen molar-refractivity contribution in [2.45, 2.75) is 57.5 Å². The molecule has 1 saturated heterocycles. The van der Waals surface area contributed by atoms with Crippen molar-refractivity contribution in [1.82, 2.24) is 4.90 Å². The van der Waals surface area contributed by atoms with Gasteiger partial charge in [-0.1, -0.05) is 36.4 Å². The number of hydrogen-bond acceptors (Lipinski definition) is 4. The first-order valence-corrected chi connectivity index (χ1v) is 12.3. The van der Waals surface area contributed by atoms with Gasteiger partial charge in [0.2, 0.25) is 0 Å². The number of likely N-dealkylation sites (tertiary alicyclic amines) is 1. The van der Waals surface area contributed by atoms with Gasteiger partial charge in [0.05, 0.1) is 6.10 Å². The number of ketones is 1. The highest BCUT2D eigenvalue weighted by atomic mass is 16.3. The summed E-state index contributed by atoms with van der Waals surface area (Å²) < 4.78 is 0. The first-order chi connectivity index (χ1) is 16.0. The highest BCUT2D eigenvalue weighted by molar-refractivity contribution is 5.98. The summed E-state index contributed by atoms with van der Waals surface area (Å²) in [6.07, 6.45) is 5.87. The van der Waals surface area contributed by atoms with Crippen molar-refractivity contribution in [3.63, 3.8) is 0 Å². The van der Waals surface area contributed by atoms with Gasteiger partial charge in [0.1, 0.15) is 0 Å². The van der Waals surface area contributed by atoms with Crippen molar-refractivity contribution in [2.24, 2.45) is 11.8 Å². The van der Waals surface area contributed by atoms with Crippen LogP contribution in [0.5, 0.6) is 0 Å². The van der Waals surface area contributed by atoms with Crippen LogP contribution >= 0.6 is 0 Å². The van der Waals surface area contributed by atoms with Gasteiger partial charge in [0, 0.05) is 37.2 Å². The molecule has 0 aromatic heterocycles. The molecule has 0 bridgehead atoms. The van der Waals surface area contributed by atoms with Crippen LogP contribution in [-0.4, -0.2) is 52.6 Å². The summed E-state index contributed by atoms with van der Waals surface area (Å²) in [5.74, 6) is 0.867. The van der Waals surface area contributed by atoms with Gasteiger partial charge < -0.3 is 15.1 Å². The minimum atomic E-state index is -0.458. The lowest BCUT2D eigenvalue weighted by atomic mass is 9.95. The van der Waals surface area contributed by atoms with Crippen LogP contribution in [-0.2, 0) is 12.8 Å². The van der Waals surface area contributed by atoms with Gasteiger partial charge in [-0.3, -0.25) is 9.59 Å². The van der Waals surface area contributed by atoms with Gasteiger partial charge in [-0.05, 0) is 80.0 Å². The fourth-order valence-electron chi connectivity index (χ4n) is 5.17. The maximum atomic E-state index is 12.7. The van der Waals surface area contributed by atoms with Crippen LogP contribution in [0, 0.1) is 11.8 Å². The minimum absolute atomic E-state index is 0.00470.